The number of halogens is 5. The van der Waals surface area contributed by atoms with Gasteiger partial charge in [-0.1, -0.05) is 17.7 Å². The van der Waals surface area contributed by atoms with E-state index in [0.29, 0.717) is 28.7 Å². The number of benzene rings is 2. The van der Waals surface area contributed by atoms with Crippen molar-refractivity contribution in [3.63, 3.8) is 0 Å². The molecule has 2 rings (SSSR count). The van der Waals surface area contributed by atoms with Gasteiger partial charge >= 0.3 is 6.61 Å². The van der Waals surface area contributed by atoms with Crippen LogP contribution in [0.3, 0.4) is 0 Å². The summed E-state index contributed by atoms with van der Waals surface area (Å²) in [7, 11) is 2.95. The van der Waals surface area contributed by atoms with E-state index < -0.39 is 12.4 Å². The normalized spacial score (nSPS) is 11.0. The molecule has 0 aromatic heterocycles. The smallest absolute Gasteiger partial charge is 0.387 e. The number of ether oxygens (including phenoxy) is 2. The monoisotopic (exact) mass is 529 g/mol. The van der Waals surface area contributed by atoms with E-state index in [9.17, 15) is 13.2 Å². The maximum absolute atomic E-state index is 13.7. The lowest BCUT2D eigenvalue weighted by Gasteiger charge is -2.15. The molecule has 0 spiro atoms. The minimum Gasteiger partial charge on any atom is -0.494 e. The lowest BCUT2D eigenvalue weighted by molar-refractivity contribution is -0.0504. The second-order valence-electron chi connectivity index (χ2n) is 5.38. The number of guanidine groups is 1. The molecule has 0 fully saturated rings. The highest BCUT2D eigenvalue weighted by Crippen LogP contribution is 2.24. The van der Waals surface area contributed by atoms with E-state index in [2.05, 4.69) is 20.4 Å². The molecule has 154 valence electrons. The number of aliphatic imine (C=N–C) groups is 1. The van der Waals surface area contributed by atoms with Crippen LogP contribution in [0.15, 0.2) is 41.4 Å². The molecular formula is C18H20ClF3IN3O2. The van der Waals surface area contributed by atoms with Crippen molar-refractivity contribution in [1.82, 2.24) is 10.6 Å². The van der Waals surface area contributed by atoms with Gasteiger partial charge in [0.25, 0.3) is 0 Å². The number of nitrogens with zero attached hydrogens (tertiary/aromatic N) is 1. The van der Waals surface area contributed by atoms with Gasteiger partial charge < -0.3 is 20.1 Å². The van der Waals surface area contributed by atoms with Gasteiger partial charge in [-0.3, -0.25) is 4.99 Å². The number of alkyl halides is 2. The average molecular weight is 530 g/mol. The van der Waals surface area contributed by atoms with Crippen LogP contribution in [0.25, 0.3) is 0 Å². The fourth-order valence-electron chi connectivity index (χ4n) is 2.30. The molecule has 10 heteroatoms. The Balaban J connectivity index is 0.00000392. The Morgan fingerprint density at radius 2 is 1.79 bits per heavy atom. The van der Waals surface area contributed by atoms with Crippen LogP contribution < -0.4 is 20.1 Å². The molecule has 0 radical (unpaired) electrons. The summed E-state index contributed by atoms with van der Waals surface area (Å²) >= 11 is 5.92. The molecule has 0 bridgehead atoms. The summed E-state index contributed by atoms with van der Waals surface area (Å²) in [5, 5.41) is 6.37. The largest absolute Gasteiger partial charge is 0.494 e. The Labute approximate surface area is 183 Å². The van der Waals surface area contributed by atoms with Crippen molar-refractivity contribution in [2.45, 2.75) is 19.7 Å². The molecule has 0 amide bonds. The van der Waals surface area contributed by atoms with Gasteiger partial charge in [0.15, 0.2) is 17.5 Å². The van der Waals surface area contributed by atoms with Crippen molar-refractivity contribution >= 4 is 41.5 Å². The summed E-state index contributed by atoms with van der Waals surface area (Å²) in [5.74, 6) is 0.116. The summed E-state index contributed by atoms with van der Waals surface area (Å²) in [5.41, 5.74) is 1.13. The first-order valence-electron chi connectivity index (χ1n) is 7.93. The van der Waals surface area contributed by atoms with Crippen LogP contribution in [0, 0.1) is 5.82 Å². The maximum Gasteiger partial charge on any atom is 0.387 e. The molecule has 0 saturated heterocycles. The Hall–Kier alpha value is -1.88. The topological polar surface area (TPSA) is 54.9 Å². The molecule has 0 saturated carbocycles. The SMILES string of the molecule is CN=C(NCc1ccc(OC)c(F)c1)NCc1cc(Cl)ccc1OC(F)F.I. The quantitative estimate of drug-likeness (QED) is 0.313. The molecule has 2 N–H and O–H groups in total. The summed E-state index contributed by atoms with van der Waals surface area (Å²) in [6.45, 7) is -2.48. The Kier molecular flexibility index (Phi) is 10.2. The predicted molar refractivity (Wildman–Crippen MR) is 113 cm³/mol. The molecule has 0 aliphatic heterocycles. The van der Waals surface area contributed by atoms with Crippen molar-refractivity contribution < 1.29 is 22.6 Å². The molecule has 5 nitrogen and oxygen atoms in total. The molecule has 2 aromatic rings. The average Bonchev–Trinajstić information content (AvgIpc) is 2.63. The van der Waals surface area contributed by atoms with Crippen LogP contribution in [0.5, 0.6) is 11.5 Å². The van der Waals surface area contributed by atoms with Gasteiger partial charge in [-0.2, -0.15) is 8.78 Å². The minimum atomic E-state index is -2.94. The Bertz CT molecular complexity index is 810. The third-order valence-corrected chi connectivity index (χ3v) is 3.82. The third-order valence-electron chi connectivity index (χ3n) is 3.58. The van der Waals surface area contributed by atoms with Crippen LogP contribution in [-0.2, 0) is 13.1 Å². The summed E-state index contributed by atoms with van der Waals surface area (Å²) in [6.07, 6.45) is 0. The van der Waals surface area contributed by atoms with E-state index in [-0.39, 0.29) is 42.0 Å². The number of nitrogens with one attached hydrogen (secondary N) is 2. The standard InChI is InChI=1S/C18H19ClF3N3O2.HI/c1-23-18(24-9-11-3-5-16(26-2)14(20)7-11)25-10-12-8-13(19)4-6-15(12)27-17(21)22;/h3-8,17H,9-10H2,1-2H3,(H2,23,24,25);1H. The first-order chi connectivity index (χ1) is 12.9. The van der Waals surface area contributed by atoms with Crippen LogP contribution in [0.4, 0.5) is 13.2 Å². The molecule has 0 atom stereocenters. The second kappa shape index (κ2) is 11.8. The van der Waals surface area contributed by atoms with E-state index >= 15 is 0 Å². The van der Waals surface area contributed by atoms with Gasteiger partial charge in [0.2, 0.25) is 0 Å². The fourth-order valence-corrected chi connectivity index (χ4v) is 2.50. The van der Waals surface area contributed by atoms with Gasteiger partial charge in [-0.25, -0.2) is 4.39 Å². The third kappa shape index (κ3) is 7.27. The lowest BCUT2D eigenvalue weighted by Crippen LogP contribution is -2.36. The van der Waals surface area contributed by atoms with Gasteiger partial charge in [-0.15, -0.1) is 24.0 Å². The molecule has 0 aliphatic rings. The van der Waals surface area contributed by atoms with Crippen molar-refractivity contribution in [3.8, 4) is 11.5 Å². The van der Waals surface area contributed by atoms with E-state index in [1.54, 1.807) is 13.1 Å². The zero-order valence-corrected chi connectivity index (χ0v) is 18.2. The van der Waals surface area contributed by atoms with E-state index in [4.69, 9.17) is 16.3 Å². The van der Waals surface area contributed by atoms with Crippen molar-refractivity contribution in [1.29, 1.82) is 0 Å². The van der Waals surface area contributed by atoms with Crippen LogP contribution in [-0.4, -0.2) is 26.7 Å². The molecule has 0 aliphatic carbocycles. The van der Waals surface area contributed by atoms with E-state index in [0.717, 1.165) is 0 Å². The Morgan fingerprint density at radius 1 is 1.11 bits per heavy atom. The van der Waals surface area contributed by atoms with E-state index in [1.165, 1.54) is 37.4 Å². The highest BCUT2D eigenvalue weighted by atomic mass is 127. The zero-order chi connectivity index (χ0) is 19.8. The van der Waals surface area contributed by atoms with Gasteiger partial charge in [0.05, 0.1) is 7.11 Å². The molecule has 0 unspecified atom stereocenters. The minimum absolute atomic E-state index is 0. The predicted octanol–water partition coefficient (Wildman–Crippen LogP) is 4.57. The maximum atomic E-state index is 13.7. The van der Waals surface area contributed by atoms with Crippen LogP contribution >= 0.6 is 35.6 Å². The number of hydrogen-bond donors (Lipinski definition) is 2. The molecular weight excluding hydrogens is 510 g/mol. The highest BCUT2D eigenvalue weighted by molar-refractivity contribution is 14.0. The summed E-state index contributed by atoms with van der Waals surface area (Å²) in [6, 6.07) is 8.97. The van der Waals surface area contributed by atoms with Crippen molar-refractivity contribution in [2.75, 3.05) is 14.2 Å². The first kappa shape index (κ1) is 24.2. The molecule has 2 aromatic carbocycles. The number of hydrogen-bond acceptors (Lipinski definition) is 3. The van der Waals surface area contributed by atoms with Crippen molar-refractivity contribution in [2.24, 2.45) is 4.99 Å². The molecule has 0 heterocycles. The van der Waals surface area contributed by atoms with Crippen LogP contribution in [0.1, 0.15) is 11.1 Å². The van der Waals surface area contributed by atoms with Crippen molar-refractivity contribution in [3.05, 3.63) is 58.4 Å². The second-order valence-corrected chi connectivity index (χ2v) is 5.82. The van der Waals surface area contributed by atoms with E-state index in [1.807, 2.05) is 0 Å². The van der Waals surface area contributed by atoms with Crippen LogP contribution in [0.2, 0.25) is 5.02 Å². The van der Waals surface area contributed by atoms with Gasteiger partial charge in [0, 0.05) is 30.7 Å². The zero-order valence-electron chi connectivity index (χ0n) is 15.1. The summed E-state index contributed by atoms with van der Waals surface area (Å²) < 4.78 is 48.1. The molecule has 28 heavy (non-hydrogen) atoms. The Morgan fingerprint density at radius 3 is 2.39 bits per heavy atom. The fraction of sp³-hybridized carbons (Fsp3) is 0.278. The lowest BCUT2D eigenvalue weighted by atomic mass is 10.2. The first-order valence-corrected chi connectivity index (χ1v) is 8.31. The number of rotatable bonds is 7. The van der Waals surface area contributed by atoms with Gasteiger partial charge in [-0.05, 0) is 35.9 Å². The van der Waals surface area contributed by atoms with Gasteiger partial charge in [0.1, 0.15) is 5.75 Å². The summed E-state index contributed by atoms with van der Waals surface area (Å²) in [4.78, 5) is 4.04. The number of methoxy groups -OCH3 is 1. The highest BCUT2D eigenvalue weighted by Gasteiger charge is 2.11.